The van der Waals surface area contributed by atoms with E-state index in [1.165, 1.54) is 25.7 Å². The fourth-order valence-corrected chi connectivity index (χ4v) is 4.10. The molecular formula is C19H35IN6O. The Kier molecular flexibility index (Phi) is 9.28. The lowest BCUT2D eigenvalue weighted by atomic mass is 9.82. The first-order chi connectivity index (χ1) is 12.7. The van der Waals surface area contributed by atoms with Crippen LogP contribution in [0.2, 0.25) is 0 Å². The summed E-state index contributed by atoms with van der Waals surface area (Å²) in [6, 6.07) is 0. The molecule has 8 heteroatoms. The molecule has 0 radical (unpaired) electrons. The van der Waals surface area contributed by atoms with E-state index >= 15 is 0 Å². The topological polar surface area (TPSA) is 67.6 Å². The molecule has 0 aromatic carbocycles. The highest BCUT2D eigenvalue weighted by atomic mass is 127. The Morgan fingerprint density at radius 1 is 1.22 bits per heavy atom. The molecule has 2 fully saturated rings. The monoisotopic (exact) mass is 490 g/mol. The summed E-state index contributed by atoms with van der Waals surface area (Å²) in [7, 11) is 2.00. The van der Waals surface area contributed by atoms with E-state index in [9.17, 15) is 0 Å². The van der Waals surface area contributed by atoms with Gasteiger partial charge in [0.05, 0.1) is 0 Å². The minimum atomic E-state index is 0. The van der Waals surface area contributed by atoms with Crippen LogP contribution in [0.5, 0.6) is 0 Å². The van der Waals surface area contributed by atoms with Crippen molar-refractivity contribution < 1.29 is 4.74 Å². The van der Waals surface area contributed by atoms with Gasteiger partial charge < -0.3 is 19.5 Å². The zero-order chi connectivity index (χ0) is 18.4. The van der Waals surface area contributed by atoms with Crippen molar-refractivity contribution in [2.75, 3.05) is 32.8 Å². The number of rotatable bonds is 7. The minimum absolute atomic E-state index is 0. The number of likely N-dealkylation sites (tertiary alicyclic amines) is 1. The quantitative estimate of drug-likeness (QED) is 0.276. The standard InChI is InChI=1S/C19H34N6O.HI/c1-4-26-11-7-10-20-19(21-12-18-23-22-15(2)24(18)3)25-13-16-8-5-6-9-17(16)14-25;/h16-17H,4-14H2,1-3H3,(H,20,21);1H. The molecule has 3 rings (SSSR count). The Morgan fingerprint density at radius 3 is 2.52 bits per heavy atom. The van der Waals surface area contributed by atoms with Crippen molar-refractivity contribution in [1.29, 1.82) is 0 Å². The van der Waals surface area contributed by atoms with Crippen molar-refractivity contribution in [2.24, 2.45) is 23.9 Å². The van der Waals surface area contributed by atoms with Crippen LogP contribution >= 0.6 is 24.0 Å². The molecule has 0 bridgehead atoms. The summed E-state index contributed by atoms with van der Waals surface area (Å²) in [5.74, 6) is 4.55. The summed E-state index contributed by atoms with van der Waals surface area (Å²) in [5.41, 5.74) is 0. The van der Waals surface area contributed by atoms with Gasteiger partial charge in [-0.1, -0.05) is 12.8 Å². The molecule has 1 N–H and O–H groups in total. The van der Waals surface area contributed by atoms with Crippen LogP contribution in [0.15, 0.2) is 4.99 Å². The van der Waals surface area contributed by atoms with Crippen LogP contribution in [-0.2, 0) is 18.3 Å². The molecule has 7 nitrogen and oxygen atoms in total. The van der Waals surface area contributed by atoms with Crippen LogP contribution in [0.3, 0.4) is 0 Å². The van der Waals surface area contributed by atoms with Crippen molar-refractivity contribution in [3.8, 4) is 0 Å². The van der Waals surface area contributed by atoms with Crippen LogP contribution in [0.4, 0.5) is 0 Å². The average Bonchev–Trinajstić information content (AvgIpc) is 3.22. The van der Waals surface area contributed by atoms with E-state index in [1.54, 1.807) is 0 Å². The second-order valence-corrected chi connectivity index (χ2v) is 7.55. The van der Waals surface area contributed by atoms with E-state index in [0.717, 1.165) is 68.7 Å². The highest BCUT2D eigenvalue weighted by Gasteiger charge is 2.35. The van der Waals surface area contributed by atoms with Gasteiger partial charge in [0.25, 0.3) is 0 Å². The summed E-state index contributed by atoms with van der Waals surface area (Å²) in [4.78, 5) is 7.36. The number of nitrogens with one attached hydrogen (secondary N) is 1. The van der Waals surface area contributed by atoms with Crippen molar-refractivity contribution in [1.82, 2.24) is 25.0 Å². The molecular weight excluding hydrogens is 455 g/mol. The third-order valence-electron chi connectivity index (χ3n) is 5.78. The molecule has 1 saturated carbocycles. The van der Waals surface area contributed by atoms with Crippen molar-refractivity contribution in [2.45, 2.75) is 52.5 Å². The van der Waals surface area contributed by atoms with Crippen LogP contribution in [0, 0.1) is 18.8 Å². The molecule has 0 amide bonds. The van der Waals surface area contributed by atoms with Gasteiger partial charge in [0.1, 0.15) is 12.4 Å². The van der Waals surface area contributed by atoms with Gasteiger partial charge in [-0.3, -0.25) is 0 Å². The highest BCUT2D eigenvalue weighted by Crippen LogP contribution is 2.35. The normalized spacial score (nSPS) is 22.5. The third kappa shape index (κ3) is 6.04. The van der Waals surface area contributed by atoms with E-state index in [1.807, 2.05) is 25.5 Å². The summed E-state index contributed by atoms with van der Waals surface area (Å²) in [6.45, 7) is 9.32. The molecule has 1 saturated heterocycles. The Balaban J connectivity index is 0.00000261. The SMILES string of the molecule is CCOCCCNC(=NCc1nnc(C)n1C)N1CC2CCCCC2C1.I. The van der Waals surface area contributed by atoms with E-state index < -0.39 is 0 Å². The minimum Gasteiger partial charge on any atom is -0.382 e. The molecule has 1 aliphatic heterocycles. The predicted molar refractivity (Wildman–Crippen MR) is 118 cm³/mol. The largest absolute Gasteiger partial charge is 0.382 e. The van der Waals surface area contributed by atoms with Crippen LogP contribution in [0.25, 0.3) is 0 Å². The van der Waals surface area contributed by atoms with Crippen molar-refractivity contribution in [3.05, 3.63) is 11.6 Å². The summed E-state index contributed by atoms with van der Waals surface area (Å²) >= 11 is 0. The Morgan fingerprint density at radius 2 is 1.93 bits per heavy atom. The average molecular weight is 490 g/mol. The highest BCUT2D eigenvalue weighted by molar-refractivity contribution is 14.0. The van der Waals surface area contributed by atoms with Gasteiger partial charge in [-0.05, 0) is 44.9 Å². The molecule has 1 aromatic rings. The summed E-state index contributed by atoms with van der Waals surface area (Å²) in [5, 5.41) is 12.0. The lowest BCUT2D eigenvalue weighted by Crippen LogP contribution is -2.41. The van der Waals surface area contributed by atoms with E-state index in [4.69, 9.17) is 9.73 Å². The lowest BCUT2D eigenvalue weighted by molar-refractivity contribution is 0.145. The van der Waals surface area contributed by atoms with Crippen LogP contribution < -0.4 is 5.32 Å². The molecule has 2 unspecified atom stereocenters. The second kappa shape index (κ2) is 11.2. The molecule has 1 aromatic heterocycles. The van der Waals surface area contributed by atoms with Gasteiger partial charge in [0, 0.05) is 39.9 Å². The zero-order valence-corrected chi connectivity index (χ0v) is 19.3. The second-order valence-electron chi connectivity index (χ2n) is 7.55. The number of nitrogens with zero attached hydrogens (tertiary/aromatic N) is 5. The van der Waals surface area contributed by atoms with Gasteiger partial charge in [0.15, 0.2) is 11.8 Å². The zero-order valence-electron chi connectivity index (χ0n) is 17.0. The van der Waals surface area contributed by atoms with Crippen molar-refractivity contribution >= 4 is 29.9 Å². The Hall–Kier alpha value is -0.900. The predicted octanol–water partition coefficient (Wildman–Crippen LogP) is 2.74. The number of ether oxygens (including phenoxy) is 1. The summed E-state index contributed by atoms with van der Waals surface area (Å²) < 4.78 is 7.46. The van der Waals surface area contributed by atoms with E-state index in [-0.39, 0.29) is 24.0 Å². The summed E-state index contributed by atoms with van der Waals surface area (Å²) in [6.07, 6.45) is 6.53. The van der Waals surface area contributed by atoms with E-state index in [0.29, 0.717) is 6.54 Å². The number of hydrogen-bond acceptors (Lipinski definition) is 4. The Bertz CT molecular complexity index is 591. The number of hydrogen-bond donors (Lipinski definition) is 1. The maximum atomic E-state index is 5.45. The van der Waals surface area contributed by atoms with Gasteiger partial charge in [-0.2, -0.15) is 0 Å². The maximum absolute atomic E-state index is 5.45. The molecule has 154 valence electrons. The van der Waals surface area contributed by atoms with Crippen molar-refractivity contribution in [3.63, 3.8) is 0 Å². The fourth-order valence-electron chi connectivity index (χ4n) is 4.10. The smallest absolute Gasteiger partial charge is 0.194 e. The first-order valence-electron chi connectivity index (χ1n) is 10.1. The number of aryl methyl sites for hydroxylation is 1. The molecule has 2 aliphatic rings. The van der Waals surface area contributed by atoms with Crippen LogP contribution in [-0.4, -0.2) is 58.5 Å². The van der Waals surface area contributed by atoms with Gasteiger partial charge in [-0.25, -0.2) is 4.99 Å². The number of aromatic nitrogens is 3. The van der Waals surface area contributed by atoms with Gasteiger partial charge in [-0.15, -0.1) is 34.2 Å². The first kappa shape index (κ1) is 22.4. The van der Waals surface area contributed by atoms with Crippen LogP contribution in [0.1, 0.15) is 50.7 Å². The maximum Gasteiger partial charge on any atom is 0.194 e. The third-order valence-corrected chi connectivity index (χ3v) is 5.78. The molecule has 2 heterocycles. The molecule has 1 aliphatic carbocycles. The number of aliphatic imine (C=N–C) groups is 1. The van der Waals surface area contributed by atoms with Gasteiger partial charge >= 0.3 is 0 Å². The van der Waals surface area contributed by atoms with E-state index in [2.05, 4.69) is 20.4 Å². The fraction of sp³-hybridized carbons (Fsp3) is 0.842. The number of guanidine groups is 1. The lowest BCUT2D eigenvalue weighted by Gasteiger charge is -2.22. The number of halogens is 1. The number of fused-ring (bicyclic) bond motifs is 1. The molecule has 2 atom stereocenters. The Labute approximate surface area is 180 Å². The molecule has 27 heavy (non-hydrogen) atoms. The molecule has 0 spiro atoms. The first-order valence-corrected chi connectivity index (χ1v) is 10.1. The van der Waals surface area contributed by atoms with Gasteiger partial charge in [0.2, 0.25) is 0 Å².